The molecule has 0 radical (unpaired) electrons. The summed E-state index contributed by atoms with van der Waals surface area (Å²) in [7, 11) is 1.53. The average molecular weight is 380 g/mol. The molecule has 0 bridgehead atoms. The van der Waals surface area contributed by atoms with Crippen LogP contribution in [-0.2, 0) is 4.79 Å². The van der Waals surface area contributed by atoms with Gasteiger partial charge in [0.15, 0.2) is 11.5 Å². The topological polar surface area (TPSA) is 107 Å². The number of benzene rings is 1. The van der Waals surface area contributed by atoms with Crippen LogP contribution in [0, 0.1) is 5.92 Å². The molecule has 2 aromatic heterocycles. The van der Waals surface area contributed by atoms with E-state index in [0.717, 1.165) is 32.0 Å². The van der Waals surface area contributed by atoms with Crippen molar-refractivity contribution in [3.63, 3.8) is 0 Å². The summed E-state index contributed by atoms with van der Waals surface area (Å²) in [5.41, 5.74) is 1.98. The summed E-state index contributed by atoms with van der Waals surface area (Å²) >= 11 is 0. The van der Waals surface area contributed by atoms with Gasteiger partial charge in [0.1, 0.15) is 29.6 Å². The minimum atomic E-state index is -0.369. The predicted octanol–water partition coefficient (Wildman–Crippen LogP) is 3.35. The van der Waals surface area contributed by atoms with Crippen molar-refractivity contribution in [2.24, 2.45) is 5.92 Å². The van der Waals surface area contributed by atoms with E-state index in [9.17, 15) is 9.59 Å². The first-order valence-electron chi connectivity index (χ1n) is 9.19. The molecule has 1 saturated carbocycles. The van der Waals surface area contributed by atoms with Crippen LogP contribution in [0.1, 0.15) is 48.0 Å². The predicted molar refractivity (Wildman–Crippen MR) is 101 cm³/mol. The van der Waals surface area contributed by atoms with Gasteiger partial charge in [-0.2, -0.15) is 0 Å². The Kier molecular flexibility index (Phi) is 5.01. The number of hydrogen-bond acceptors (Lipinski definition) is 7. The van der Waals surface area contributed by atoms with Crippen molar-refractivity contribution in [3.05, 3.63) is 42.3 Å². The Hall–Kier alpha value is -3.29. The lowest BCUT2D eigenvalue weighted by Crippen LogP contribution is -2.14. The van der Waals surface area contributed by atoms with Gasteiger partial charge in [-0.25, -0.2) is 15.0 Å². The highest BCUT2D eigenvalue weighted by Gasteiger charge is 2.26. The summed E-state index contributed by atoms with van der Waals surface area (Å²) in [4.78, 5) is 35.7. The summed E-state index contributed by atoms with van der Waals surface area (Å²) in [6.45, 7) is 0. The summed E-state index contributed by atoms with van der Waals surface area (Å²) in [5, 5.41) is 2.79. The first-order chi connectivity index (χ1) is 13.7. The molecule has 1 N–H and O–H groups in total. The Morgan fingerprint density at radius 2 is 2.11 bits per heavy atom. The van der Waals surface area contributed by atoms with Crippen molar-refractivity contribution in [3.8, 4) is 5.75 Å². The molecule has 8 heteroatoms. The van der Waals surface area contributed by atoms with Crippen LogP contribution in [0.3, 0.4) is 0 Å². The molecular weight excluding hydrogens is 360 g/mol. The van der Waals surface area contributed by atoms with E-state index in [2.05, 4.69) is 20.3 Å². The lowest BCUT2D eigenvalue weighted by Gasteiger charge is -2.22. The van der Waals surface area contributed by atoms with Crippen LogP contribution in [0.15, 0.2) is 35.1 Å². The van der Waals surface area contributed by atoms with Gasteiger partial charge in [-0.15, -0.1) is 0 Å². The maximum atomic E-state index is 12.4. The number of amides is 1. The van der Waals surface area contributed by atoms with Crippen LogP contribution in [0.5, 0.6) is 5.75 Å². The van der Waals surface area contributed by atoms with E-state index in [1.165, 1.54) is 25.7 Å². The van der Waals surface area contributed by atoms with Crippen molar-refractivity contribution in [2.75, 3.05) is 12.4 Å². The summed E-state index contributed by atoms with van der Waals surface area (Å²) < 4.78 is 11.4. The van der Waals surface area contributed by atoms with E-state index in [4.69, 9.17) is 9.15 Å². The maximum Gasteiger partial charge on any atom is 0.274 e. The molecule has 8 nitrogen and oxygen atoms in total. The normalized spacial score (nSPS) is 19.3. The van der Waals surface area contributed by atoms with Gasteiger partial charge in [0, 0.05) is 30.2 Å². The fourth-order valence-corrected chi connectivity index (χ4v) is 3.53. The quantitative estimate of drug-likeness (QED) is 0.676. The molecule has 0 saturated heterocycles. The number of ether oxygens (including phenoxy) is 1. The minimum absolute atomic E-state index is 0.143. The maximum absolute atomic E-state index is 12.4. The van der Waals surface area contributed by atoms with Gasteiger partial charge in [0.05, 0.1) is 12.8 Å². The first-order valence-corrected chi connectivity index (χ1v) is 9.19. The number of aromatic nitrogens is 3. The second-order valence-corrected chi connectivity index (χ2v) is 6.87. The van der Waals surface area contributed by atoms with Gasteiger partial charge in [-0.05, 0) is 31.7 Å². The van der Waals surface area contributed by atoms with E-state index in [-0.39, 0.29) is 23.4 Å². The lowest BCUT2D eigenvalue weighted by molar-refractivity contribution is -0.112. The van der Waals surface area contributed by atoms with E-state index in [1.807, 2.05) is 0 Å². The third kappa shape index (κ3) is 3.58. The molecule has 0 unspecified atom stereocenters. The number of carbonyl (C=O) groups is 2. The Morgan fingerprint density at radius 3 is 2.79 bits per heavy atom. The highest BCUT2D eigenvalue weighted by atomic mass is 16.5. The number of nitrogens with one attached hydrogen (secondary N) is 1. The van der Waals surface area contributed by atoms with Crippen molar-refractivity contribution in [2.45, 2.75) is 31.6 Å². The fourth-order valence-electron chi connectivity index (χ4n) is 3.53. The van der Waals surface area contributed by atoms with Crippen LogP contribution in [-0.4, -0.2) is 34.3 Å². The number of hydrogen-bond donors (Lipinski definition) is 1. The number of oxazole rings is 1. The van der Waals surface area contributed by atoms with Crippen molar-refractivity contribution in [1.29, 1.82) is 0 Å². The zero-order chi connectivity index (χ0) is 19.5. The molecule has 1 aliphatic rings. The minimum Gasteiger partial charge on any atom is -0.494 e. The molecule has 0 spiro atoms. The zero-order valence-electron chi connectivity index (χ0n) is 15.4. The van der Waals surface area contributed by atoms with Gasteiger partial charge in [-0.3, -0.25) is 4.79 Å². The Morgan fingerprint density at radius 1 is 1.29 bits per heavy atom. The standard InChI is InChI=1S/C20H20N4O4/c1-27-17-8-16-18(9-15(17)23-19(26)14-6-7-21-11-22-14)28-20(24-16)13-4-2-12(10-25)3-5-13/h6-13H,2-5H2,1H3,(H,23,26). The van der Waals surface area contributed by atoms with Gasteiger partial charge >= 0.3 is 0 Å². The molecule has 1 fully saturated rings. The highest BCUT2D eigenvalue weighted by molar-refractivity contribution is 6.04. The van der Waals surface area contributed by atoms with E-state index in [1.54, 1.807) is 12.1 Å². The molecule has 1 aliphatic carbocycles. The Labute approximate surface area is 161 Å². The third-order valence-corrected chi connectivity index (χ3v) is 5.10. The second kappa shape index (κ2) is 7.75. The van der Waals surface area contributed by atoms with Crippen molar-refractivity contribution in [1.82, 2.24) is 15.0 Å². The molecule has 28 heavy (non-hydrogen) atoms. The molecule has 3 aromatic rings. The molecule has 4 rings (SSSR count). The monoisotopic (exact) mass is 380 g/mol. The summed E-state index contributed by atoms with van der Waals surface area (Å²) in [5.74, 6) is 1.13. The molecular formula is C20H20N4O4. The second-order valence-electron chi connectivity index (χ2n) is 6.87. The summed E-state index contributed by atoms with van der Waals surface area (Å²) in [6, 6.07) is 4.98. The van der Waals surface area contributed by atoms with Gasteiger partial charge in [-0.1, -0.05) is 0 Å². The molecule has 2 heterocycles. The number of aldehydes is 1. The van der Waals surface area contributed by atoms with Gasteiger partial charge in [0.2, 0.25) is 0 Å². The van der Waals surface area contributed by atoms with Crippen LogP contribution in [0.25, 0.3) is 11.1 Å². The van der Waals surface area contributed by atoms with Crippen LogP contribution in [0.2, 0.25) is 0 Å². The molecule has 144 valence electrons. The van der Waals surface area contributed by atoms with Crippen molar-refractivity contribution < 1.29 is 18.7 Å². The smallest absolute Gasteiger partial charge is 0.274 e. The number of anilines is 1. The van der Waals surface area contributed by atoms with Crippen LogP contribution in [0.4, 0.5) is 5.69 Å². The average Bonchev–Trinajstić information content (AvgIpc) is 3.16. The molecule has 1 amide bonds. The fraction of sp³-hybridized carbons (Fsp3) is 0.350. The summed E-state index contributed by atoms with van der Waals surface area (Å²) in [6.07, 6.45) is 7.34. The number of rotatable bonds is 5. The van der Waals surface area contributed by atoms with E-state index in [0.29, 0.717) is 28.4 Å². The van der Waals surface area contributed by atoms with Gasteiger partial charge in [0.25, 0.3) is 5.91 Å². The molecule has 1 aromatic carbocycles. The zero-order valence-corrected chi connectivity index (χ0v) is 15.4. The largest absolute Gasteiger partial charge is 0.494 e. The number of fused-ring (bicyclic) bond motifs is 1. The number of carbonyl (C=O) groups excluding carboxylic acids is 2. The highest BCUT2D eigenvalue weighted by Crippen LogP contribution is 2.37. The first kappa shape index (κ1) is 18.1. The van der Waals surface area contributed by atoms with Crippen LogP contribution >= 0.6 is 0 Å². The van der Waals surface area contributed by atoms with E-state index >= 15 is 0 Å². The third-order valence-electron chi connectivity index (χ3n) is 5.10. The number of nitrogens with zero attached hydrogens (tertiary/aromatic N) is 3. The molecule has 0 atom stereocenters. The Bertz CT molecular complexity index is 994. The van der Waals surface area contributed by atoms with Crippen molar-refractivity contribution >= 4 is 29.0 Å². The number of methoxy groups -OCH3 is 1. The SMILES string of the molecule is COc1cc2nc(C3CCC(C=O)CC3)oc2cc1NC(=O)c1ccncn1. The lowest BCUT2D eigenvalue weighted by atomic mass is 9.83. The van der Waals surface area contributed by atoms with Crippen LogP contribution < -0.4 is 10.1 Å². The van der Waals surface area contributed by atoms with E-state index < -0.39 is 0 Å². The molecule has 0 aliphatic heterocycles. The Balaban J connectivity index is 1.60. The van der Waals surface area contributed by atoms with Gasteiger partial charge < -0.3 is 19.3 Å².